The van der Waals surface area contributed by atoms with Crippen LogP contribution >= 0.6 is 0 Å². The van der Waals surface area contributed by atoms with E-state index in [4.69, 9.17) is 15.1 Å². The van der Waals surface area contributed by atoms with Crippen molar-refractivity contribution in [2.45, 2.75) is 19.9 Å². The number of aromatic nitrogens is 5. The Morgan fingerprint density at radius 3 is 2.91 bits per heavy atom. The molecule has 0 amide bonds. The molecular weight excluding hydrogens is 298 g/mol. The van der Waals surface area contributed by atoms with Gasteiger partial charge in [0.2, 0.25) is 0 Å². The highest BCUT2D eigenvalue weighted by molar-refractivity contribution is 5.90. The second-order valence-electron chi connectivity index (χ2n) is 5.01. The van der Waals surface area contributed by atoms with Gasteiger partial charge in [0.05, 0.1) is 23.6 Å². The fraction of sp³-hybridized carbons (Fsp3) is 0.429. The first kappa shape index (κ1) is 15.2. The van der Waals surface area contributed by atoms with Gasteiger partial charge in [0.1, 0.15) is 5.52 Å². The molecule has 3 N–H and O–H groups in total. The molecule has 0 aliphatic heterocycles. The van der Waals surface area contributed by atoms with E-state index in [9.17, 15) is 0 Å². The van der Waals surface area contributed by atoms with Crippen LogP contribution in [-0.4, -0.2) is 45.1 Å². The molecule has 122 valence electrons. The number of pyridine rings is 1. The molecular formula is C14H19N7O2. The van der Waals surface area contributed by atoms with Gasteiger partial charge >= 0.3 is 0 Å². The summed E-state index contributed by atoms with van der Waals surface area (Å²) in [6, 6.07) is 0. The van der Waals surface area contributed by atoms with Crippen molar-refractivity contribution in [3.05, 3.63) is 12.4 Å². The van der Waals surface area contributed by atoms with Crippen molar-refractivity contribution in [1.29, 1.82) is 0 Å². The second kappa shape index (κ2) is 6.61. The van der Waals surface area contributed by atoms with Gasteiger partial charge in [-0.1, -0.05) is 0 Å². The van der Waals surface area contributed by atoms with Crippen LogP contribution in [0.4, 0.5) is 11.5 Å². The van der Waals surface area contributed by atoms with Crippen molar-refractivity contribution in [2.24, 2.45) is 0 Å². The standard InChI is InChI=1S/C14H19N7O2/c1-3-21-12-9(17-5-4-6-22-2)7-16-8-10(12)18-14(21)11-13(15)20-23-19-11/h7-8,17H,3-6H2,1-2H3,(H2,15,20). The van der Waals surface area contributed by atoms with E-state index in [1.165, 1.54) is 0 Å². The summed E-state index contributed by atoms with van der Waals surface area (Å²) >= 11 is 0. The molecule has 0 saturated carbocycles. The minimum Gasteiger partial charge on any atom is -0.385 e. The smallest absolute Gasteiger partial charge is 0.199 e. The summed E-state index contributed by atoms with van der Waals surface area (Å²) < 4.78 is 11.8. The molecule has 3 rings (SSSR count). The molecule has 0 atom stereocenters. The van der Waals surface area contributed by atoms with E-state index in [1.807, 2.05) is 11.5 Å². The monoisotopic (exact) mass is 317 g/mol. The lowest BCUT2D eigenvalue weighted by Gasteiger charge is -2.10. The summed E-state index contributed by atoms with van der Waals surface area (Å²) in [5.74, 6) is 0.840. The number of aryl methyl sites for hydroxylation is 1. The predicted molar refractivity (Wildman–Crippen MR) is 85.9 cm³/mol. The topological polar surface area (TPSA) is 117 Å². The number of hydrogen-bond donors (Lipinski definition) is 2. The molecule has 9 heteroatoms. The van der Waals surface area contributed by atoms with E-state index in [2.05, 4.69) is 25.6 Å². The molecule has 0 aromatic carbocycles. The first-order chi connectivity index (χ1) is 11.3. The van der Waals surface area contributed by atoms with E-state index in [1.54, 1.807) is 19.5 Å². The van der Waals surface area contributed by atoms with Crippen molar-refractivity contribution >= 4 is 22.5 Å². The maximum absolute atomic E-state index is 5.80. The average molecular weight is 317 g/mol. The Bertz CT molecular complexity index is 796. The van der Waals surface area contributed by atoms with Crippen LogP contribution in [0.5, 0.6) is 0 Å². The Labute approximate surface area is 132 Å². The number of nitrogen functional groups attached to an aromatic ring is 1. The number of anilines is 2. The lowest BCUT2D eigenvalue weighted by atomic mass is 10.3. The van der Waals surface area contributed by atoms with Gasteiger partial charge in [-0.05, 0) is 23.7 Å². The molecule has 0 aliphatic carbocycles. The Morgan fingerprint density at radius 2 is 2.22 bits per heavy atom. The SMILES string of the molecule is CCn1c(-c2nonc2N)nc2cncc(NCCCOC)c21. The zero-order valence-electron chi connectivity index (χ0n) is 13.1. The van der Waals surface area contributed by atoms with Crippen LogP contribution in [0.3, 0.4) is 0 Å². The van der Waals surface area contributed by atoms with Gasteiger partial charge in [0, 0.05) is 26.8 Å². The third-order valence-electron chi connectivity index (χ3n) is 3.53. The molecule has 0 bridgehead atoms. The van der Waals surface area contributed by atoms with Gasteiger partial charge in [-0.15, -0.1) is 0 Å². The number of nitrogens with two attached hydrogens (primary N) is 1. The van der Waals surface area contributed by atoms with E-state index in [0.29, 0.717) is 24.7 Å². The maximum Gasteiger partial charge on any atom is 0.199 e. The van der Waals surface area contributed by atoms with Gasteiger partial charge in [0.15, 0.2) is 17.3 Å². The first-order valence-electron chi connectivity index (χ1n) is 7.41. The normalized spacial score (nSPS) is 11.2. The molecule has 0 saturated heterocycles. The van der Waals surface area contributed by atoms with E-state index >= 15 is 0 Å². The number of imidazole rings is 1. The third-order valence-corrected chi connectivity index (χ3v) is 3.53. The fourth-order valence-corrected chi connectivity index (χ4v) is 2.50. The van der Waals surface area contributed by atoms with Crippen molar-refractivity contribution in [2.75, 3.05) is 31.3 Å². The highest BCUT2D eigenvalue weighted by atomic mass is 16.6. The molecule has 3 aromatic rings. The molecule has 9 nitrogen and oxygen atoms in total. The van der Waals surface area contributed by atoms with Crippen LogP contribution < -0.4 is 11.1 Å². The van der Waals surface area contributed by atoms with Crippen LogP contribution in [-0.2, 0) is 11.3 Å². The lowest BCUT2D eigenvalue weighted by molar-refractivity contribution is 0.198. The van der Waals surface area contributed by atoms with Crippen LogP contribution in [0.25, 0.3) is 22.6 Å². The number of hydrogen-bond acceptors (Lipinski definition) is 8. The summed E-state index contributed by atoms with van der Waals surface area (Å²) in [4.78, 5) is 8.83. The van der Waals surface area contributed by atoms with Gasteiger partial charge in [0.25, 0.3) is 0 Å². The molecule has 0 radical (unpaired) electrons. The summed E-state index contributed by atoms with van der Waals surface area (Å²) in [5, 5.41) is 10.9. The minimum atomic E-state index is 0.220. The number of methoxy groups -OCH3 is 1. The average Bonchev–Trinajstić information content (AvgIpc) is 3.14. The van der Waals surface area contributed by atoms with Gasteiger partial charge in [-0.25, -0.2) is 9.61 Å². The zero-order chi connectivity index (χ0) is 16.2. The lowest BCUT2D eigenvalue weighted by Crippen LogP contribution is -2.07. The van der Waals surface area contributed by atoms with Crippen LogP contribution in [0.15, 0.2) is 17.0 Å². The Balaban J connectivity index is 2.03. The Morgan fingerprint density at radius 1 is 1.35 bits per heavy atom. The molecule has 0 aliphatic rings. The molecule has 0 fully saturated rings. The number of ether oxygens (including phenoxy) is 1. The van der Waals surface area contributed by atoms with Crippen LogP contribution in [0.2, 0.25) is 0 Å². The Hall–Kier alpha value is -2.68. The van der Waals surface area contributed by atoms with Gasteiger partial charge in [-0.2, -0.15) is 0 Å². The van der Waals surface area contributed by atoms with Gasteiger partial charge < -0.3 is 20.4 Å². The highest BCUT2D eigenvalue weighted by Gasteiger charge is 2.20. The first-order valence-corrected chi connectivity index (χ1v) is 7.41. The number of nitrogens with zero attached hydrogens (tertiary/aromatic N) is 5. The fourth-order valence-electron chi connectivity index (χ4n) is 2.50. The second-order valence-corrected chi connectivity index (χ2v) is 5.01. The maximum atomic E-state index is 5.80. The summed E-state index contributed by atoms with van der Waals surface area (Å²) in [6.07, 6.45) is 4.41. The van der Waals surface area contributed by atoms with Crippen molar-refractivity contribution in [3.8, 4) is 11.5 Å². The van der Waals surface area contributed by atoms with Crippen molar-refractivity contribution in [3.63, 3.8) is 0 Å². The number of nitrogens with one attached hydrogen (secondary N) is 1. The summed E-state index contributed by atoms with van der Waals surface area (Å²) in [6.45, 7) is 4.22. The predicted octanol–water partition coefficient (Wildman–Crippen LogP) is 1.53. The third kappa shape index (κ3) is 2.82. The zero-order valence-corrected chi connectivity index (χ0v) is 13.1. The van der Waals surface area contributed by atoms with Crippen LogP contribution in [0, 0.1) is 0 Å². The largest absolute Gasteiger partial charge is 0.385 e. The molecule has 0 spiro atoms. The highest BCUT2D eigenvalue weighted by Crippen LogP contribution is 2.30. The van der Waals surface area contributed by atoms with Crippen molar-refractivity contribution < 1.29 is 9.37 Å². The summed E-state index contributed by atoms with van der Waals surface area (Å²) in [7, 11) is 1.69. The molecule has 3 heterocycles. The quantitative estimate of drug-likeness (QED) is 0.630. The number of rotatable bonds is 7. The van der Waals surface area contributed by atoms with Gasteiger partial charge in [-0.3, -0.25) is 4.98 Å². The van der Waals surface area contributed by atoms with E-state index in [-0.39, 0.29) is 5.82 Å². The minimum absolute atomic E-state index is 0.220. The summed E-state index contributed by atoms with van der Waals surface area (Å²) in [5.41, 5.74) is 8.87. The van der Waals surface area contributed by atoms with E-state index < -0.39 is 0 Å². The Kier molecular flexibility index (Phi) is 4.38. The molecule has 0 unspecified atom stereocenters. The van der Waals surface area contributed by atoms with Crippen LogP contribution in [0.1, 0.15) is 13.3 Å². The molecule has 3 aromatic heterocycles. The van der Waals surface area contributed by atoms with E-state index in [0.717, 1.165) is 29.7 Å². The molecule has 23 heavy (non-hydrogen) atoms. The number of fused-ring (bicyclic) bond motifs is 1. The van der Waals surface area contributed by atoms with Crippen molar-refractivity contribution in [1.82, 2.24) is 24.8 Å².